The highest BCUT2D eigenvalue weighted by molar-refractivity contribution is 7.80. The van der Waals surface area contributed by atoms with E-state index in [9.17, 15) is 4.79 Å². The van der Waals surface area contributed by atoms with E-state index < -0.39 is 0 Å². The van der Waals surface area contributed by atoms with Crippen molar-refractivity contribution in [2.75, 3.05) is 39.8 Å². The molecule has 2 fully saturated rings. The molecule has 1 amide bonds. The number of nitrogens with zero attached hydrogens (tertiary/aromatic N) is 3. The van der Waals surface area contributed by atoms with Crippen LogP contribution in [-0.2, 0) is 4.79 Å². The zero-order valence-corrected chi connectivity index (χ0v) is 12.9. The normalized spacial score (nSPS) is 27.0. The summed E-state index contributed by atoms with van der Waals surface area (Å²) in [6.45, 7) is 8.67. The van der Waals surface area contributed by atoms with Crippen molar-refractivity contribution in [2.24, 2.45) is 5.73 Å². The lowest BCUT2D eigenvalue weighted by Gasteiger charge is -2.44. The van der Waals surface area contributed by atoms with E-state index in [1.54, 1.807) is 0 Å². The summed E-state index contributed by atoms with van der Waals surface area (Å²) in [6, 6.07) is 0.0834. The van der Waals surface area contributed by atoms with Crippen LogP contribution in [0.1, 0.15) is 20.3 Å². The van der Waals surface area contributed by atoms with Crippen molar-refractivity contribution in [1.82, 2.24) is 14.7 Å². The average molecular weight is 284 g/mol. The number of rotatable bonds is 3. The van der Waals surface area contributed by atoms with Crippen molar-refractivity contribution in [3.8, 4) is 0 Å². The Hall–Kier alpha value is -0.720. The summed E-state index contributed by atoms with van der Waals surface area (Å²) in [4.78, 5) is 19.0. The van der Waals surface area contributed by atoms with Crippen molar-refractivity contribution in [3.05, 3.63) is 0 Å². The summed E-state index contributed by atoms with van der Waals surface area (Å²) in [5.74, 6) is 0.266. The van der Waals surface area contributed by atoms with Gasteiger partial charge < -0.3 is 10.6 Å². The summed E-state index contributed by atoms with van der Waals surface area (Å²) in [5, 5.41) is 0. The van der Waals surface area contributed by atoms with Gasteiger partial charge in [0.05, 0.1) is 16.6 Å². The Morgan fingerprint density at radius 3 is 2.26 bits per heavy atom. The molecule has 5 nitrogen and oxygen atoms in total. The van der Waals surface area contributed by atoms with Crippen LogP contribution in [0, 0.1) is 0 Å². The van der Waals surface area contributed by atoms with Crippen molar-refractivity contribution in [3.63, 3.8) is 0 Å². The van der Waals surface area contributed by atoms with Gasteiger partial charge in [0.1, 0.15) is 0 Å². The number of carbonyl (C=O) groups is 1. The monoisotopic (exact) mass is 284 g/mol. The van der Waals surface area contributed by atoms with E-state index in [1.807, 2.05) is 11.9 Å². The molecule has 2 saturated heterocycles. The maximum absolute atomic E-state index is 12.0. The molecule has 2 aliphatic rings. The molecule has 2 rings (SSSR count). The average Bonchev–Trinajstić information content (AvgIpc) is 2.70. The number of piperazine rings is 1. The van der Waals surface area contributed by atoms with E-state index in [4.69, 9.17) is 18.0 Å². The lowest BCUT2D eigenvalue weighted by molar-refractivity contribution is -0.131. The first-order valence-corrected chi connectivity index (χ1v) is 7.29. The van der Waals surface area contributed by atoms with Crippen LogP contribution in [0.2, 0.25) is 0 Å². The molecular formula is C13H24N4OS. The highest BCUT2D eigenvalue weighted by atomic mass is 32.1. The highest BCUT2D eigenvalue weighted by Crippen LogP contribution is 2.21. The van der Waals surface area contributed by atoms with E-state index in [0.717, 1.165) is 39.1 Å². The Balaban J connectivity index is 1.93. The third-order valence-corrected chi connectivity index (χ3v) is 5.05. The van der Waals surface area contributed by atoms with Gasteiger partial charge in [0.2, 0.25) is 5.91 Å². The molecule has 6 heteroatoms. The van der Waals surface area contributed by atoms with E-state index >= 15 is 0 Å². The number of nitrogens with two attached hydrogens (primary N) is 1. The van der Waals surface area contributed by atoms with Crippen LogP contribution in [0.3, 0.4) is 0 Å². The first-order chi connectivity index (χ1) is 8.84. The van der Waals surface area contributed by atoms with E-state index in [2.05, 4.69) is 23.6 Å². The quantitative estimate of drug-likeness (QED) is 0.734. The van der Waals surface area contributed by atoms with E-state index in [1.165, 1.54) is 0 Å². The van der Waals surface area contributed by atoms with Gasteiger partial charge in [-0.05, 0) is 20.3 Å². The van der Waals surface area contributed by atoms with Crippen LogP contribution in [0.5, 0.6) is 0 Å². The van der Waals surface area contributed by atoms with Crippen molar-refractivity contribution < 1.29 is 4.79 Å². The maximum Gasteiger partial charge on any atom is 0.239 e. The molecule has 108 valence electrons. The predicted molar refractivity (Wildman–Crippen MR) is 80.1 cm³/mol. The van der Waals surface area contributed by atoms with Gasteiger partial charge in [0, 0.05) is 39.8 Å². The second-order valence-corrected chi connectivity index (χ2v) is 6.45. The van der Waals surface area contributed by atoms with Gasteiger partial charge in [0.25, 0.3) is 0 Å². The molecule has 0 saturated carbocycles. The molecule has 2 heterocycles. The largest absolute Gasteiger partial charge is 0.392 e. The Morgan fingerprint density at radius 2 is 1.84 bits per heavy atom. The van der Waals surface area contributed by atoms with Gasteiger partial charge in [0.15, 0.2) is 0 Å². The predicted octanol–water partition coefficient (Wildman–Crippen LogP) is -0.101. The molecular weight excluding hydrogens is 260 g/mol. The fourth-order valence-corrected chi connectivity index (χ4v) is 3.02. The van der Waals surface area contributed by atoms with Crippen LogP contribution in [-0.4, -0.2) is 76.9 Å². The van der Waals surface area contributed by atoms with Crippen LogP contribution >= 0.6 is 12.2 Å². The summed E-state index contributed by atoms with van der Waals surface area (Å²) in [7, 11) is 1.88. The van der Waals surface area contributed by atoms with Gasteiger partial charge in [-0.2, -0.15) is 0 Å². The van der Waals surface area contributed by atoms with Crippen molar-refractivity contribution >= 4 is 23.1 Å². The minimum Gasteiger partial charge on any atom is -0.392 e. The summed E-state index contributed by atoms with van der Waals surface area (Å²) < 4.78 is 0. The zero-order valence-electron chi connectivity index (χ0n) is 12.1. The molecule has 0 aliphatic carbocycles. The Labute approximate surface area is 120 Å². The second-order valence-electron chi connectivity index (χ2n) is 6.01. The first kappa shape index (κ1) is 14.7. The molecule has 2 N–H and O–H groups in total. The van der Waals surface area contributed by atoms with Gasteiger partial charge in [-0.3, -0.25) is 14.6 Å². The maximum atomic E-state index is 12.0. The lowest BCUT2D eigenvalue weighted by Crippen LogP contribution is -2.61. The second kappa shape index (κ2) is 5.34. The number of hydrogen-bond donors (Lipinski definition) is 1. The van der Waals surface area contributed by atoms with Crippen LogP contribution in [0.25, 0.3) is 0 Å². The zero-order chi connectivity index (χ0) is 14.2. The van der Waals surface area contributed by atoms with Crippen molar-refractivity contribution in [2.45, 2.75) is 31.8 Å². The number of hydrogen-bond acceptors (Lipinski definition) is 4. The summed E-state index contributed by atoms with van der Waals surface area (Å²) in [5.41, 5.74) is 5.58. The molecule has 0 radical (unpaired) electrons. The molecule has 19 heavy (non-hydrogen) atoms. The molecule has 0 aromatic rings. The number of carbonyl (C=O) groups excluding carboxylic acids is 1. The number of likely N-dealkylation sites (tertiary alicyclic amines) is 1. The molecule has 1 atom stereocenters. The van der Waals surface area contributed by atoms with Crippen molar-refractivity contribution in [1.29, 1.82) is 0 Å². The molecule has 0 bridgehead atoms. The lowest BCUT2D eigenvalue weighted by atomic mass is 10.0. The van der Waals surface area contributed by atoms with E-state index in [0.29, 0.717) is 4.99 Å². The Kier molecular flexibility index (Phi) is 4.13. The standard InChI is InChI=1S/C13H24N4OS/c1-13(2,12(14)19)17-8-6-16(7-9-17)10-4-5-15(3)11(10)18/h10H,4-9H2,1-3H3,(H2,14,19). The number of thiocarbonyl (C=S) groups is 1. The Bertz CT molecular complexity index is 377. The number of likely N-dealkylation sites (N-methyl/N-ethyl adjacent to an activating group) is 1. The molecule has 0 spiro atoms. The summed E-state index contributed by atoms with van der Waals surface area (Å²) >= 11 is 5.15. The summed E-state index contributed by atoms with van der Waals surface area (Å²) in [6.07, 6.45) is 0.952. The smallest absolute Gasteiger partial charge is 0.239 e. The fraction of sp³-hybridized carbons (Fsp3) is 0.846. The Morgan fingerprint density at radius 1 is 1.26 bits per heavy atom. The minimum absolute atomic E-state index is 0.0834. The minimum atomic E-state index is -0.238. The molecule has 2 aliphatic heterocycles. The van der Waals surface area contributed by atoms with E-state index in [-0.39, 0.29) is 17.5 Å². The fourth-order valence-electron chi connectivity index (χ4n) is 2.89. The first-order valence-electron chi connectivity index (χ1n) is 6.88. The number of amides is 1. The van der Waals surface area contributed by atoms with Gasteiger partial charge in [-0.15, -0.1) is 0 Å². The van der Waals surface area contributed by atoms with Gasteiger partial charge >= 0.3 is 0 Å². The topological polar surface area (TPSA) is 52.8 Å². The highest BCUT2D eigenvalue weighted by Gasteiger charge is 2.38. The van der Waals surface area contributed by atoms with Gasteiger partial charge in [-0.1, -0.05) is 12.2 Å². The van der Waals surface area contributed by atoms with Crippen LogP contribution in [0.4, 0.5) is 0 Å². The third-order valence-electron chi connectivity index (χ3n) is 4.55. The molecule has 0 aromatic heterocycles. The molecule has 1 unspecified atom stereocenters. The molecule has 0 aromatic carbocycles. The third kappa shape index (κ3) is 2.75. The van der Waals surface area contributed by atoms with Crippen LogP contribution in [0.15, 0.2) is 0 Å². The van der Waals surface area contributed by atoms with Gasteiger partial charge in [-0.25, -0.2) is 0 Å². The van der Waals surface area contributed by atoms with Crippen LogP contribution < -0.4 is 5.73 Å². The SMILES string of the molecule is CN1CCC(N2CCN(C(C)(C)C(N)=S)CC2)C1=O.